The molecule has 1 aliphatic rings. The maximum atomic E-state index is 5.84. The van der Waals surface area contributed by atoms with Gasteiger partial charge in [0.1, 0.15) is 0 Å². The zero-order chi connectivity index (χ0) is 21.5. The SMILES string of the molecule is CCOc1cc(C(c2cc(OC)c(OC)c(OC)c2)N2CCNCC2)ccc1OC. The van der Waals surface area contributed by atoms with Crippen LogP contribution in [0.25, 0.3) is 0 Å². The van der Waals surface area contributed by atoms with Crippen LogP contribution in [0.3, 0.4) is 0 Å². The van der Waals surface area contributed by atoms with Gasteiger partial charge in [-0.15, -0.1) is 0 Å². The molecule has 1 aliphatic heterocycles. The first-order valence-electron chi connectivity index (χ1n) is 10.2. The van der Waals surface area contributed by atoms with Gasteiger partial charge in [-0.1, -0.05) is 6.07 Å². The molecule has 30 heavy (non-hydrogen) atoms. The van der Waals surface area contributed by atoms with E-state index in [1.807, 2.05) is 25.1 Å². The molecule has 0 bridgehead atoms. The number of ether oxygens (including phenoxy) is 5. The Labute approximate surface area is 178 Å². The molecule has 1 heterocycles. The highest BCUT2D eigenvalue weighted by Crippen LogP contribution is 2.43. The summed E-state index contributed by atoms with van der Waals surface area (Å²) in [6, 6.07) is 10.2. The van der Waals surface area contributed by atoms with Gasteiger partial charge < -0.3 is 29.0 Å². The molecule has 164 valence electrons. The Hall–Kier alpha value is -2.64. The van der Waals surface area contributed by atoms with Crippen LogP contribution in [-0.2, 0) is 0 Å². The molecule has 0 radical (unpaired) electrons. The van der Waals surface area contributed by atoms with Crippen molar-refractivity contribution in [3.05, 3.63) is 41.5 Å². The topological polar surface area (TPSA) is 61.4 Å². The Balaban J connectivity index is 2.14. The van der Waals surface area contributed by atoms with E-state index in [-0.39, 0.29) is 6.04 Å². The molecule has 0 saturated carbocycles. The molecule has 0 aliphatic carbocycles. The molecule has 1 unspecified atom stereocenters. The second-order valence-corrected chi connectivity index (χ2v) is 6.99. The van der Waals surface area contributed by atoms with Gasteiger partial charge in [0, 0.05) is 26.2 Å². The van der Waals surface area contributed by atoms with Gasteiger partial charge >= 0.3 is 0 Å². The molecule has 1 fully saturated rings. The summed E-state index contributed by atoms with van der Waals surface area (Å²) in [4.78, 5) is 2.45. The van der Waals surface area contributed by atoms with E-state index < -0.39 is 0 Å². The zero-order valence-electron chi connectivity index (χ0n) is 18.5. The average Bonchev–Trinajstić information content (AvgIpc) is 2.79. The highest BCUT2D eigenvalue weighted by Gasteiger charge is 2.27. The van der Waals surface area contributed by atoms with Gasteiger partial charge in [0.15, 0.2) is 23.0 Å². The fourth-order valence-electron chi connectivity index (χ4n) is 3.95. The van der Waals surface area contributed by atoms with Crippen molar-refractivity contribution in [3.63, 3.8) is 0 Å². The fourth-order valence-corrected chi connectivity index (χ4v) is 3.95. The Morgan fingerprint density at radius 1 is 0.800 bits per heavy atom. The molecule has 0 spiro atoms. The number of benzene rings is 2. The van der Waals surface area contributed by atoms with Crippen LogP contribution in [0.15, 0.2) is 30.3 Å². The van der Waals surface area contributed by atoms with E-state index in [1.165, 1.54) is 0 Å². The molecule has 3 rings (SSSR count). The molecule has 7 heteroatoms. The van der Waals surface area contributed by atoms with Crippen molar-refractivity contribution in [2.45, 2.75) is 13.0 Å². The standard InChI is InChI=1S/C23H32N2O5/c1-6-30-19-13-16(7-8-18(19)26-2)22(25-11-9-24-10-12-25)17-14-20(27-3)23(29-5)21(15-17)28-4/h7-8,13-15,22,24H,6,9-12H2,1-5H3. The van der Waals surface area contributed by atoms with Crippen LogP contribution in [-0.4, -0.2) is 66.1 Å². The van der Waals surface area contributed by atoms with Gasteiger partial charge in [0.2, 0.25) is 5.75 Å². The maximum Gasteiger partial charge on any atom is 0.203 e. The second-order valence-electron chi connectivity index (χ2n) is 6.99. The number of rotatable bonds is 9. The van der Waals surface area contributed by atoms with E-state index in [2.05, 4.69) is 22.3 Å². The van der Waals surface area contributed by atoms with Gasteiger partial charge in [0.25, 0.3) is 0 Å². The minimum absolute atomic E-state index is 0.00548. The molecular weight excluding hydrogens is 384 g/mol. The van der Waals surface area contributed by atoms with Crippen molar-refractivity contribution in [2.75, 3.05) is 61.2 Å². The fraction of sp³-hybridized carbons (Fsp3) is 0.478. The normalized spacial score (nSPS) is 15.4. The minimum Gasteiger partial charge on any atom is -0.493 e. The summed E-state index contributed by atoms with van der Waals surface area (Å²) in [7, 11) is 6.55. The molecule has 1 saturated heterocycles. The van der Waals surface area contributed by atoms with Crippen LogP contribution < -0.4 is 29.0 Å². The Bertz CT molecular complexity index is 811. The van der Waals surface area contributed by atoms with Crippen LogP contribution in [0.5, 0.6) is 28.7 Å². The van der Waals surface area contributed by atoms with Crippen molar-refractivity contribution >= 4 is 0 Å². The molecule has 0 amide bonds. The van der Waals surface area contributed by atoms with Gasteiger partial charge in [-0.2, -0.15) is 0 Å². The lowest BCUT2D eigenvalue weighted by atomic mass is 9.95. The van der Waals surface area contributed by atoms with E-state index in [9.17, 15) is 0 Å². The Morgan fingerprint density at radius 2 is 1.40 bits per heavy atom. The summed E-state index contributed by atoms with van der Waals surface area (Å²) in [6.07, 6.45) is 0. The average molecular weight is 417 g/mol. The van der Waals surface area contributed by atoms with Crippen LogP contribution in [0.1, 0.15) is 24.1 Å². The Morgan fingerprint density at radius 3 is 1.93 bits per heavy atom. The molecule has 1 atom stereocenters. The predicted octanol–water partition coefficient (Wildman–Crippen LogP) is 3.11. The lowest BCUT2D eigenvalue weighted by molar-refractivity contribution is 0.197. The lowest BCUT2D eigenvalue weighted by Crippen LogP contribution is -2.45. The second kappa shape index (κ2) is 10.4. The summed E-state index contributed by atoms with van der Waals surface area (Å²) in [6.45, 7) is 6.28. The first-order valence-corrected chi connectivity index (χ1v) is 10.2. The van der Waals surface area contributed by atoms with Gasteiger partial charge in [-0.05, 0) is 42.3 Å². The highest BCUT2D eigenvalue weighted by molar-refractivity contribution is 5.56. The number of hydrogen-bond donors (Lipinski definition) is 1. The number of piperazine rings is 1. The van der Waals surface area contributed by atoms with Gasteiger partial charge in [-0.25, -0.2) is 0 Å². The van der Waals surface area contributed by atoms with Crippen LogP contribution in [0, 0.1) is 0 Å². The van der Waals surface area contributed by atoms with Gasteiger partial charge in [0.05, 0.1) is 41.1 Å². The molecule has 2 aromatic carbocycles. The van der Waals surface area contributed by atoms with E-state index in [4.69, 9.17) is 23.7 Å². The van der Waals surface area contributed by atoms with E-state index in [0.29, 0.717) is 23.9 Å². The van der Waals surface area contributed by atoms with Crippen molar-refractivity contribution in [2.24, 2.45) is 0 Å². The van der Waals surface area contributed by atoms with Crippen LogP contribution in [0.4, 0.5) is 0 Å². The maximum absolute atomic E-state index is 5.84. The first kappa shape index (κ1) is 22.1. The number of methoxy groups -OCH3 is 4. The van der Waals surface area contributed by atoms with Gasteiger partial charge in [-0.3, -0.25) is 4.90 Å². The highest BCUT2D eigenvalue weighted by atomic mass is 16.5. The first-order chi connectivity index (χ1) is 14.7. The number of nitrogens with zero attached hydrogens (tertiary/aromatic N) is 1. The molecule has 0 aromatic heterocycles. The molecule has 1 N–H and O–H groups in total. The molecule has 7 nitrogen and oxygen atoms in total. The van der Waals surface area contributed by atoms with E-state index >= 15 is 0 Å². The van der Waals surface area contributed by atoms with Crippen molar-refractivity contribution in [1.29, 1.82) is 0 Å². The third-order valence-corrected chi connectivity index (χ3v) is 5.32. The Kier molecular flexibility index (Phi) is 7.65. The van der Waals surface area contributed by atoms with Crippen molar-refractivity contribution in [3.8, 4) is 28.7 Å². The van der Waals surface area contributed by atoms with Crippen LogP contribution in [0.2, 0.25) is 0 Å². The third kappa shape index (κ3) is 4.57. The smallest absolute Gasteiger partial charge is 0.203 e. The van der Waals surface area contributed by atoms with Crippen LogP contribution >= 0.6 is 0 Å². The largest absolute Gasteiger partial charge is 0.493 e. The molecule has 2 aromatic rings. The van der Waals surface area contributed by atoms with E-state index in [0.717, 1.165) is 48.8 Å². The number of nitrogens with one attached hydrogen (secondary N) is 1. The predicted molar refractivity (Wildman–Crippen MR) is 117 cm³/mol. The monoisotopic (exact) mass is 416 g/mol. The van der Waals surface area contributed by atoms with E-state index in [1.54, 1.807) is 28.4 Å². The molecular formula is C23H32N2O5. The number of hydrogen-bond acceptors (Lipinski definition) is 7. The quantitative estimate of drug-likeness (QED) is 0.674. The zero-order valence-corrected chi connectivity index (χ0v) is 18.5. The van der Waals surface area contributed by atoms with Crippen molar-refractivity contribution < 1.29 is 23.7 Å². The summed E-state index contributed by atoms with van der Waals surface area (Å²) >= 11 is 0. The minimum atomic E-state index is 0.00548. The summed E-state index contributed by atoms with van der Waals surface area (Å²) in [5.41, 5.74) is 2.19. The summed E-state index contributed by atoms with van der Waals surface area (Å²) in [5.74, 6) is 3.35. The lowest BCUT2D eigenvalue weighted by Gasteiger charge is -2.36. The summed E-state index contributed by atoms with van der Waals surface area (Å²) in [5, 5.41) is 3.43. The summed E-state index contributed by atoms with van der Waals surface area (Å²) < 4.78 is 28.1. The third-order valence-electron chi connectivity index (χ3n) is 5.32. The van der Waals surface area contributed by atoms with Crippen molar-refractivity contribution in [1.82, 2.24) is 10.2 Å².